The van der Waals surface area contributed by atoms with Crippen LogP contribution in [0.3, 0.4) is 0 Å². The highest BCUT2D eigenvalue weighted by Crippen LogP contribution is 2.23. The Morgan fingerprint density at radius 2 is 1.92 bits per heavy atom. The zero-order chi connectivity index (χ0) is 18.9. The van der Waals surface area contributed by atoms with Gasteiger partial charge in [-0.2, -0.15) is 0 Å². The highest BCUT2D eigenvalue weighted by atomic mass is 32.2. The molecule has 6 heteroatoms. The number of likely N-dealkylation sites (tertiary alicyclic amines) is 1. The van der Waals surface area contributed by atoms with Gasteiger partial charge in [0.2, 0.25) is 0 Å². The number of hydrogen-bond donors (Lipinski definition) is 2. The molecule has 1 aliphatic carbocycles. The van der Waals surface area contributed by atoms with Crippen molar-refractivity contribution in [2.45, 2.75) is 70.6 Å². The zero-order valence-corrected chi connectivity index (χ0v) is 18.1. The van der Waals surface area contributed by atoms with Crippen LogP contribution in [0.15, 0.2) is 4.99 Å². The van der Waals surface area contributed by atoms with Gasteiger partial charge >= 0.3 is 0 Å². The maximum absolute atomic E-state index is 12.1. The molecule has 152 valence electrons. The maximum Gasteiger partial charge on any atom is 0.191 e. The minimum absolute atomic E-state index is 0.354. The molecule has 5 atom stereocenters. The lowest BCUT2D eigenvalue weighted by atomic mass is 9.92. The summed E-state index contributed by atoms with van der Waals surface area (Å²) < 4.78 is 12.1. The second kappa shape index (κ2) is 11.3. The van der Waals surface area contributed by atoms with Crippen molar-refractivity contribution in [1.29, 1.82) is 0 Å². The molecule has 2 fully saturated rings. The lowest BCUT2D eigenvalue weighted by molar-refractivity contribution is 0.140. The van der Waals surface area contributed by atoms with Crippen molar-refractivity contribution >= 4 is 16.8 Å². The molecule has 1 aliphatic heterocycles. The fourth-order valence-electron chi connectivity index (χ4n) is 4.62. The van der Waals surface area contributed by atoms with Crippen LogP contribution in [0.5, 0.6) is 0 Å². The molecule has 0 amide bonds. The molecule has 0 aromatic rings. The van der Waals surface area contributed by atoms with E-state index in [1.807, 2.05) is 14.0 Å². The van der Waals surface area contributed by atoms with E-state index in [1.165, 1.54) is 26.1 Å². The van der Waals surface area contributed by atoms with Gasteiger partial charge in [0.15, 0.2) is 5.96 Å². The summed E-state index contributed by atoms with van der Waals surface area (Å²) in [6.45, 7) is 11.4. The Morgan fingerprint density at radius 1 is 1.19 bits per heavy atom. The first-order valence-corrected chi connectivity index (χ1v) is 12.0. The third-order valence-corrected chi connectivity index (χ3v) is 7.48. The monoisotopic (exact) mass is 384 g/mol. The third-order valence-electron chi connectivity index (χ3n) is 5.73. The van der Waals surface area contributed by atoms with E-state index in [-0.39, 0.29) is 0 Å². The largest absolute Gasteiger partial charge is 0.356 e. The summed E-state index contributed by atoms with van der Waals surface area (Å²) in [5.74, 6) is 3.33. The summed E-state index contributed by atoms with van der Waals surface area (Å²) in [7, 11) is 1.17. The molecule has 5 nitrogen and oxygen atoms in total. The quantitative estimate of drug-likeness (QED) is 0.402. The van der Waals surface area contributed by atoms with Gasteiger partial charge in [-0.15, -0.1) is 0 Å². The van der Waals surface area contributed by atoms with Gasteiger partial charge in [0.05, 0.1) is 0 Å². The van der Waals surface area contributed by atoms with E-state index in [1.54, 1.807) is 0 Å². The summed E-state index contributed by atoms with van der Waals surface area (Å²) in [6, 6.07) is 0.402. The van der Waals surface area contributed by atoms with Crippen molar-refractivity contribution in [3.05, 3.63) is 0 Å². The maximum atomic E-state index is 12.1. The average Bonchev–Trinajstić information content (AvgIpc) is 2.63. The van der Waals surface area contributed by atoms with Crippen LogP contribution in [0, 0.1) is 11.8 Å². The second-order valence-electron chi connectivity index (χ2n) is 8.36. The van der Waals surface area contributed by atoms with E-state index in [9.17, 15) is 4.21 Å². The van der Waals surface area contributed by atoms with Crippen LogP contribution in [0.1, 0.15) is 59.3 Å². The summed E-state index contributed by atoms with van der Waals surface area (Å²) in [4.78, 5) is 7.00. The van der Waals surface area contributed by atoms with Crippen LogP contribution in [0.2, 0.25) is 0 Å². The lowest BCUT2D eigenvalue weighted by Crippen LogP contribution is -2.47. The van der Waals surface area contributed by atoms with E-state index in [2.05, 4.69) is 34.4 Å². The van der Waals surface area contributed by atoms with E-state index < -0.39 is 10.8 Å². The topological polar surface area (TPSA) is 56.7 Å². The predicted octanol–water partition coefficient (Wildman–Crippen LogP) is 2.60. The summed E-state index contributed by atoms with van der Waals surface area (Å²) in [5.41, 5.74) is 0. The third kappa shape index (κ3) is 7.18. The fourth-order valence-corrected chi connectivity index (χ4v) is 5.97. The van der Waals surface area contributed by atoms with Crippen molar-refractivity contribution in [2.24, 2.45) is 16.8 Å². The van der Waals surface area contributed by atoms with E-state index >= 15 is 0 Å². The van der Waals surface area contributed by atoms with Crippen molar-refractivity contribution in [3.8, 4) is 0 Å². The lowest BCUT2D eigenvalue weighted by Gasteiger charge is -2.35. The number of nitrogens with zero attached hydrogens (tertiary/aromatic N) is 2. The Hall–Kier alpha value is -0.620. The van der Waals surface area contributed by atoms with Gasteiger partial charge in [0, 0.05) is 54.5 Å². The highest BCUT2D eigenvalue weighted by molar-refractivity contribution is 7.85. The van der Waals surface area contributed by atoms with Crippen LogP contribution in [0.25, 0.3) is 0 Å². The molecule has 5 unspecified atom stereocenters. The number of hydrogen-bond acceptors (Lipinski definition) is 3. The molecule has 26 heavy (non-hydrogen) atoms. The Bertz CT molecular complexity index is 461. The Morgan fingerprint density at radius 3 is 2.58 bits per heavy atom. The molecule has 0 radical (unpaired) electrons. The summed E-state index contributed by atoms with van der Waals surface area (Å²) in [6.07, 6.45) is 6.95. The Labute approximate surface area is 163 Å². The van der Waals surface area contributed by atoms with Gasteiger partial charge in [0.25, 0.3) is 0 Å². The molecule has 1 saturated carbocycles. The molecule has 0 bridgehead atoms. The number of nitrogens with one attached hydrogen (secondary N) is 2. The molecule has 2 N–H and O–H groups in total. The van der Waals surface area contributed by atoms with Crippen molar-refractivity contribution in [3.63, 3.8) is 0 Å². The van der Waals surface area contributed by atoms with Gasteiger partial charge in [-0.1, -0.05) is 27.2 Å². The van der Waals surface area contributed by atoms with Crippen molar-refractivity contribution in [1.82, 2.24) is 15.5 Å². The molecule has 0 spiro atoms. The molecule has 2 aliphatic rings. The van der Waals surface area contributed by atoms with Crippen LogP contribution >= 0.6 is 0 Å². The van der Waals surface area contributed by atoms with Crippen molar-refractivity contribution in [2.75, 3.05) is 39.0 Å². The standard InChI is InChI=1S/C20H40N4OS/c1-5-26(25)19-9-6-8-18(13-19)23-20(21-4)22-10-7-11-24-14-16(2)12-17(3)15-24/h16-19H,5-15H2,1-4H3,(H2,21,22,23). The first-order valence-electron chi connectivity index (χ1n) is 10.6. The Balaban J connectivity index is 1.67. The first-order chi connectivity index (χ1) is 12.5. The molecular weight excluding hydrogens is 344 g/mol. The molecule has 1 saturated heterocycles. The smallest absolute Gasteiger partial charge is 0.191 e. The minimum Gasteiger partial charge on any atom is -0.356 e. The molecule has 0 aromatic carbocycles. The highest BCUT2D eigenvalue weighted by Gasteiger charge is 2.26. The van der Waals surface area contributed by atoms with E-state index in [0.29, 0.717) is 11.3 Å². The van der Waals surface area contributed by atoms with E-state index in [4.69, 9.17) is 0 Å². The van der Waals surface area contributed by atoms with E-state index in [0.717, 1.165) is 62.2 Å². The van der Waals surface area contributed by atoms with Crippen LogP contribution in [0.4, 0.5) is 0 Å². The molecular formula is C20H40N4OS. The van der Waals surface area contributed by atoms with Gasteiger partial charge < -0.3 is 15.5 Å². The molecule has 2 rings (SSSR count). The number of piperidine rings is 1. The minimum atomic E-state index is -0.672. The second-order valence-corrected chi connectivity index (χ2v) is 10.4. The molecule has 1 heterocycles. The summed E-state index contributed by atoms with van der Waals surface area (Å²) >= 11 is 0. The predicted molar refractivity (Wildman–Crippen MR) is 113 cm³/mol. The molecule has 0 aromatic heterocycles. The number of aliphatic imine (C=N–C) groups is 1. The Kier molecular flexibility index (Phi) is 9.40. The van der Waals surface area contributed by atoms with Gasteiger partial charge in [-0.25, -0.2) is 0 Å². The number of guanidine groups is 1. The SMILES string of the molecule is CCS(=O)C1CCCC(NC(=NC)NCCCN2CC(C)CC(C)C2)C1. The first kappa shape index (κ1) is 21.7. The average molecular weight is 385 g/mol. The van der Waals surface area contributed by atoms with Crippen molar-refractivity contribution < 1.29 is 4.21 Å². The number of rotatable bonds is 7. The normalized spacial score (nSPS) is 32.2. The zero-order valence-electron chi connectivity index (χ0n) is 17.3. The van der Waals surface area contributed by atoms with Crippen LogP contribution < -0.4 is 10.6 Å². The van der Waals surface area contributed by atoms with Gasteiger partial charge in [0.1, 0.15) is 0 Å². The van der Waals surface area contributed by atoms with Gasteiger partial charge in [-0.05, 0) is 50.5 Å². The van der Waals surface area contributed by atoms with Crippen LogP contribution in [-0.4, -0.2) is 65.3 Å². The van der Waals surface area contributed by atoms with Crippen LogP contribution in [-0.2, 0) is 10.8 Å². The van der Waals surface area contributed by atoms with Gasteiger partial charge in [-0.3, -0.25) is 9.20 Å². The fraction of sp³-hybridized carbons (Fsp3) is 0.950. The summed E-state index contributed by atoms with van der Waals surface area (Å²) in [5, 5.41) is 7.39.